The number of hydrogen-bond acceptors (Lipinski definition) is 8. The van der Waals surface area contributed by atoms with Crippen LogP contribution in [0.4, 0.5) is 24.8 Å². The van der Waals surface area contributed by atoms with Crippen LogP contribution in [0.15, 0.2) is 24.4 Å². The molecule has 1 aromatic heterocycles. The standard InChI is InChI=1S/C37H46F3N5O5/c38-37(39,40)32-28(33(48)42-19-23-13-24-14-25-15-26(16-31(46)47)36(24,25)18-23)20-43-34(44-32)45-21-35(6-8-41-9-7-35)29-17-27(1-2-30(29)45)50-12-5-22-3-10-49-11-4-22/h1-2,17,20,22-26,41H,3-16,18-19,21H2,(H,42,48)(H,46,47). The number of piperidine rings is 1. The second kappa shape index (κ2) is 13.0. The molecule has 3 aliphatic heterocycles. The molecule has 0 radical (unpaired) electrons. The Morgan fingerprint density at radius 2 is 1.88 bits per heavy atom. The van der Waals surface area contributed by atoms with Crippen molar-refractivity contribution in [1.29, 1.82) is 0 Å². The second-order valence-corrected chi connectivity index (χ2v) is 15.7. The van der Waals surface area contributed by atoms with Gasteiger partial charge in [0.05, 0.1) is 12.2 Å². The fourth-order valence-corrected chi connectivity index (χ4v) is 10.6. The van der Waals surface area contributed by atoms with Gasteiger partial charge in [-0.3, -0.25) is 9.59 Å². The molecule has 5 unspecified atom stereocenters. The van der Waals surface area contributed by atoms with Crippen LogP contribution in [0.2, 0.25) is 0 Å². The Kier molecular flexibility index (Phi) is 8.72. The Labute approximate surface area is 289 Å². The lowest BCUT2D eigenvalue weighted by atomic mass is 9.38. The number of carbonyl (C=O) groups is 2. The first-order valence-electron chi connectivity index (χ1n) is 18.3. The summed E-state index contributed by atoms with van der Waals surface area (Å²) in [7, 11) is 0. The van der Waals surface area contributed by atoms with Crippen molar-refractivity contribution in [2.45, 2.75) is 75.8 Å². The number of nitrogens with zero attached hydrogens (tertiary/aromatic N) is 3. The number of alkyl halides is 3. The molecule has 6 aliphatic rings. The van der Waals surface area contributed by atoms with Crippen LogP contribution in [-0.2, 0) is 21.1 Å². The Hall–Kier alpha value is -3.45. The van der Waals surface area contributed by atoms with E-state index in [1.54, 1.807) is 4.90 Å². The third-order valence-electron chi connectivity index (χ3n) is 13.2. The molecule has 2 spiro atoms. The minimum absolute atomic E-state index is 0.0329. The molecule has 270 valence electrons. The van der Waals surface area contributed by atoms with Gasteiger partial charge in [-0.05, 0) is 130 Å². The minimum atomic E-state index is -4.86. The molecular formula is C37H46F3N5O5. The fraction of sp³-hybridized carbons (Fsp3) is 0.676. The maximum atomic E-state index is 14.6. The van der Waals surface area contributed by atoms with Crippen molar-refractivity contribution in [3.8, 4) is 5.75 Å². The topological polar surface area (TPSA) is 126 Å². The zero-order chi connectivity index (χ0) is 34.7. The first-order chi connectivity index (χ1) is 24.1. The highest BCUT2D eigenvalue weighted by Crippen LogP contribution is 2.75. The van der Waals surface area contributed by atoms with Crippen LogP contribution in [0.5, 0.6) is 5.75 Å². The highest BCUT2D eigenvalue weighted by atomic mass is 19.4. The number of benzene rings is 1. The fourth-order valence-electron chi connectivity index (χ4n) is 10.6. The summed E-state index contributed by atoms with van der Waals surface area (Å²) < 4.78 is 55.3. The first-order valence-corrected chi connectivity index (χ1v) is 18.3. The molecule has 3 aliphatic carbocycles. The lowest BCUT2D eigenvalue weighted by molar-refractivity contribution is -0.189. The zero-order valence-corrected chi connectivity index (χ0v) is 28.3. The van der Waals surface area contributed by atoms with Crippen LogP contribution in [0.3, 0.4) is 0 Å². The number of hydrogen-bond donors (Lipinski definition) is 3. The number of aliphatic carboxylic acids is 1. The summed E-state index contributed by atoms with van der Waals surface area (Å²) in [6.07, 6.45) is 4.67. The van der Waals surface area contributed by atoms with Gasteiger partial charge in [-0.2, -0.15) is 13.2 Å². The van der Waals surface area contributed by atoms with E-state index in [-0.39, 0.29) is 41.6 Å². The highest BCUT2D eigenvalue weighted by Gasteiger charge is 2.69. The number of fused-ring (bicyclic) bond motifs is 2. The van der Waals surface area contributed by atoms with E-state index in [0.29, 0.717) is 30.9 Å². The number of nitrogens with one attached hydrogen (secondary N) is 2. The van der Waals surface area contributed by atoms with Gasteiger partial charge < -0.3 is 30.1 Å². The van der Waals surface area contributed by atoms with E-state index < -0.39 is 29.3 Å². The number of aromatic nitrogens is 2. The molecule has 3 N–H and O–H groups in total. The monoisotopic (exact) mass is 697 g/mol. The minimum Gasteiger partial charge on any atom is -0.494 e. The summed E-state index contributed by atoms with van der Waals surface area (Å²) in [5.74, 6) is 0.870. The number of carboxylic acid groups (broad SMARTS) is 1. The van der Waals surface area contributed by atoms with Gasteiger partial charge in [0.1, 0.15) is 5.75 Å². The van der Waals surface area contributed by atoms with Crippen molar-refractivity contribution in [2.75, 3.05) is 50.9 Å². The van der Waals surface area contributed by atoms with E-state index in [1.807, 2.05) is 18.2 Å². The van der Waals surface area contributed by atoms with Crippen LogP contribution in [0.1, 0.15) is 85.8 Å². The van der Waals surface area contributed by atoms with Gasteiger partial charge in [0.25, 0.3) is 5.91 Å². The lowest BCUT2D eigenvalue weighted by Crippen LogP contribution is -2.60. The van der Waals surface area contributed by atoms with Gasteiger partial charge in [-0.1, -0.05) is 0 Å². The highest BCUT2D eigenvalue weighted by molar-refractivity contribution is 5.95. The number of amides is 1. The summed E-state index contributed by atoms with van der Waals surface area (Å²) in [4.78, 5) is 34.9. The quantitative estimate of drug-likeness (QED) is 0.286. The Balaban J connectivity index is 0.986. The molecule has 8 rings (SSSR count). The number of halogens is 3. The van der Waals surface area contributed by atoms with Crippen LogP contribution in [-0.4, -0.2) is 73.0 Å². The van der Waals surface area contributed by atoms with Crippen molar-refractivity contribution in [3.63, 3.8) is 0 Å². The average Bonchev–Trinajstić information content (AvgIpc) is 3.61. The van der Waals surface area contributed by atoms with E-state index >= 15 is 0 Å². The summed E-state index contributed by atoms with van der Waals surface area (Å²) in [5.41, 5.74) is -0.292. The summed E-state index contributed by atoms with van der Waals surface area (Å²) in [6.45, 7) is 4.44. The summed E-state index contributed by atoms with van der Waals surface area (Å²) in [6, 6.07) is 5.81. The van der Waals surface area contributed by atoms with Crippen molar-refractivity contribution in [3.05, 3.63) is 41.2 Å². The largest absolute Gasteiger partial charge is 0.494 e. The summed E-state index contributed by atoms with van der Waals surface area (Å²) >= 11 is 0. The third-order valence-corrected chi connectivity index (χ3v) is 13.2. The predicted octanol–water partition coefficient (Wildman–Crippen LogP) is 5.72. The molecular weight excluding hydrogens is 651 g/mol. The van der Waals surface area contributed by atoms with Crippen molar-refractivity contribution in [2.24, 2.45) is 35.0 Å². The molecule has 50 heavy (non-hydrogen) atoms. The van der Waals surface area contributed by atoms with Gasteiger partial charge in [-0.25, -0.2) is 9.97 Å². The van der Waals surface area contributed by atoms with E-state index in [2.05, 4.69) is 20.6 Å². The Morgan fingerprint density at radius 1 is 1.10 bits per heavy atom. The normalized spacial score (nSPS) is 29.8. The second-order valence-electron chi connectivity index (χ2n) is 15.7. The van der Waals surface area contributed by atoms with Crippen molar-refractivity contribution >= 4 is 23.5 Å². The van der Waals surface area contributed by atoms with Gasteiger partial charge in [0, 0.05) is 50.0 Å². The maximum Gasteiger partial charge on any atom is 0.434 e. The van der Waals surface area contributed by atoms with E-state index in [0.717, 1.165) is 107 Å². The maximum absolute atomic E-state index is 14.6. The third kappa shape index (κ3) is 5.91. The molecule has 5 atom stereocenters. The zero-order valence-electron chi connectivity index (χ0n) is 28.3. The molecule has 5 fully saturated rings. The van der Waals surface area contributed by atoms with Crippen LogP contribution < -0.4 is 20.3 Å². The number of carboxylic acids is 1. The molecule has 4 heterocycles. The van der Waals surface area contributed by atoms with Crippen LogP contribution >= 0.6 is 0 Å². The molecule has 3 saturated carbocycles. The first kappa shape index (κ1) is 33.7. The Morgan fingerprint density at radius 3 is 2.62 bits per heavy atom. The smallest absolute Gasteiger partial charge is 0.434 e. The van der Waals surface area contributed by atoms with E-state index in [1.165, 1.54) is 0 Å². The van der Waals surface area contributed by atoms with E-state index in [9.17, 15) is 27.9 Å². The number of carbonyl (C=O) groups excluding carboxylic acids is 1. The molecule has 1 amide bonds. The molecule has 2 saturated heterocycles. The van der Waals surface area contributed by atoms with Gasteiger partial charge in [0.15, 0.2) is 5.69 Å². The molecule has 2 aromatic rings. The van der Waals surface area contributed by atoms with Gasteiger partial charge >= 0.3 is 12.1 Å². The molecule has 10 nitrogen and oxygen atoms in total. The molecule has 0 bridgehead atoms. The number of rotatable bonds is 10. The van der Waals surface area contributed by atoms with Crippen LogP contribution in [0, 0.1) is 35.0 Å². The summed E-state index contributed by atoms with van der Waals surface area (Å²) in [5, 5.41) is 15.5. The Bertz CT molecular complexity index is 1630. The van der Waals surface area contributed by atoms with Gasteiger partial charge in [0.2, 0.25) is 5.95 Å². The number of anilines is 2. The number of ether oxygens (including phenoxy) is 2. The van der Waals surface area contributed by atoms with Gasteiger partial charge in [-0.15, -0.1) is 0 Å². The van der Waals surface area contributed by atoms with Crippen molar-refractivity contribution in [1.82, 2.24) is 20.6 Å². The SMILES string of the molecule is O=C(O)CC1CC2CC3CC(CNC(=O)c4cnc(N5CC6(CCNCC6)c6cc(OCCC7CCOCC7)ccc65)nc4C(F)(F)F)CC132. The van der Waals surface area contributed by atoms with Crippen LogP contribution in [0.25, 0.3) is 0 Å². The molecule has 1 aromatic carbocycles. The van der Waals surface area contributed by atoms with Crippen molar-refractivity contribution < 1.29 is 37.3 Å². The molecule has 13 heteroatoms. The average molecular weight is 698 g/mol. The lowest BCUT2D eigenvalue weighted by Gasteiger charge is -2.66. The van der Waals surface area contributed by atoms with E-state index in [4.69, 9.17) is 9.47 Å². The predicted molar refractivity (Wildman–Crippen MR) is 177 cm³/mol.